The van der Waals surface area contributed by atoms with Crippen LogP contribution in [0.25, 0.3) is 0 Å². The molecular weight excluding hydrogens is 246 g/mol. The average molecular weight is 275 g/mol. The molecule has 0 amide bonds. The lowest BCUT2D eigenvalue weighted by atomic mass is 9.89. The largest absolute Gasteiger partial charge is 0.406 e. The minimum absolute atomic E-state index is 0.613. The van der Waals surface area contributed by atoms with E-state index in [0.29, 0.717) is 6.04 Å². The lowest BCUT2D eigenvalue weighted by Gasteiger charge is -2.31. The summed E-state index contributed by atoms with van der Waals surface area (Å²) in [5.41, 5.74) is 0. The van der Waals surface area contributed by atoms with E-state index >= 15 is 0 Å². The number of benzene rings is 1. The molecular formula is C18H29NO. The standard InChI is InChI=1S/C18H29NO/c1-3-5-11-16(10-4-2)18-14-9-15-19(18)20-17-12-7-6-8-13-17/h6-8,12-13,16,18H,3-5,9-11,14-15H2,1-2H3/t16-,18?/m0/s1. The normalized spacial score (nSPS) is 21.0. The van der Waals surface area contributed by atoms with Gasteiger partial charge in [-0.05, 0) is 43.7 Å². The van der Waals surface area contributed by atoms with Crippen molar-refractivity contribution in [3.8, 4) is 5.75 Å². The summed E-state index contributed by atoms with van der Waals surface area (Å²) in [5.74, 6) is 1.77. The number of para-hydroxylation sites is 1. The summed E-state index contributed by atoms with van der Waals surface area (Å²) >= 11 is 0. The third-order valence-electron chi connectivity index (χ3n) is 4.35. The first kappa shape index (κ1) is 15.4. The van der Waals surface area contributed by atoms with Crippen molar-refractivity contribution in [2.75, 3.05) is 6.54 Å². The summed E-state index contributed by atoms with van der Waals surface area (Å²) in [7, 11) is 0. The highest BCUT2D eigenvalue weighted by atomic mass is 16.7. The van der Waals surface area contributed by atoms with Gasteiger partial charge in [-0.1, -0.05) is 51.3 Å². The molecule has 1 unspecified atom stereocenters. The maximum Gasteiger partial charge on any atom is 0.147 e. The quantitative estimate of drug-likeness (QED) is 0.658. The highest BCUT2D eigenvalue weighted by Crippen LogP contribution is 2.31. The van der Waals surface area contributed by atoms with Crippen molar-refractivity contribution < 1.29 is 4.84 Å². The second kappa shape index (κ2) is 8.31. The van der Waals surface area contributed by atoms with Gasteiger partial charge in [0, 0.05) is 12.6 Å². The van der Waals surface area contributed by atoms with Gasteiger partial charge in [-0.15, -0.1) is 5.06 Å². The number of hydroxylamine groups is 2. The van der Waals surface area contributed by atoms with Crippen LogP contribution < -0.4 is 4.84 Å². The number of hydrogen-bond acceptors (Lipinski definition) is 2. The zero-order valence-electron chi connectivity index (χ0n) is 13.1. The molecule has 112 valence electrons. The van der Waals surface area contributed by atoms with Crippen molar-refractivity contribution in [1.29, 1.82) is 0 Å². The molecule has 2 nitrogen and oxygen atoms in total. The van der Waals surface area contributed by atoms with Gasteiger partial charge in [0.1, 0.15) is 5.75 Å². The Morgan fingerprint density at radius 1 is 1.15 bits per heavy atom. The molecule has 1 aliphatic rings. The Balaban J connectivity index is 1.97. The van der Waals surface area contributed by atoms with E-state index in [4.69, 9.17) is 4.84 Å². The highest BCUT2D eigenvalue weighted by Gasteiger charge is 2.32. The Kier molecular flexibility index (Phi) is 6.38. The fraction of sp³-hybridized carbons (Fsp3) is 0.667. The summed E-state index contributed by atoms with van der Waals surface area (Å²) in [6.45, 7) is 5.66. The number of unbranched alkanes of at least 4 members (excludes halogenated alkanes) is 1. The third-order valence-corrected chi connectivity index (χ3v) is 4.35. The monoisotopic (exact) mass is 275 g/mol. The average Bonchev–Trinajstić information content (AvgIpc) is 2.92. The molecule has 0 saturated carbocycles. The fourth-order valence-corrected chi connectivity index (χ4v) is 3.33. The van der Waals surface area contributed by atoms with Gasteiger partial charge in [-0.25, -0.2) is 0 Å². The molecule has 0 aromatic heterocycles. The maximum absolute atomic E-state index is 6.13. The van der Waals surface area contributed by atoms with Gasteiger partial charge in [-0.2, -0.15) is 0 Å². The van der Waals surface area contributed by atoms with Crippen molar-refractivity contribution in [3.05, 3.63) is 30.3 Å². The molecule has 1 heterocycles. The second-order valence-corrected chi connectivity index (χ2v) is 5.95. The Morgan fingerprint density at radius 3 is 2.65 bits per heavy atom. The lowest BCUT2D eigenvalue weighted by Crippen LogP contribution is -2.38. The molecule has 1 aromatic rings. The summed E-state index contributed by atoms with van der Waals surface area (Å²) in [6, 6.07) is 10.8. The SMILES string of the molecule is CCCC[C@H](CCC)C1CCCN1Oc1ccccc1. The van der Waals surface area contributed by atoms with E-state index in [0.717, 1.165) is 18.2 Å². The van der Waals surface area contributed by atoms with Gasteiger partial charge in [0.25, 0.3) is 0 Å². The van der Waals surface area contributed by atoms with Crippen LogP contribution >= 0.6 is 0 Å². The summed E-state index contributed by atoms with van der Waals surface area (Å²) in [6.07, 6.45) is 9.17. The molecule has 1 aliphatic heterocycles. The third kappa shape index (κ3) is 4.24. The predicted molar refractivity (Wildman–Crippen MR) is 84.7 cm³/mol. The molecule has 2 heteroatoms. The molecule has 1 saturated heterocycles. The van der Waals surface area contributed by atoms with Crippen LogP contribution in [0.3, 0.4) is 0 Å². The minimum atomic E-state index is 0.613. The molecule has 0 N–H and O–H groups in total. The van der Waals surface area contributed by atoms with E-state index in [9.17, 15) is 0 Å². The van der Waals surface area contributed by atoms with Crippen LogP contribution in [0.1, 0.15) is 58.8 Å². The first-order valence-corrected chi connectivity index (χ1v) is 8.34. The fourth-order valence-electron chi connectivity index (χ4n) is 3.33. The molecule has 0 bridgehead atoms. The predicted octanol–water partition coefficient (Wildman–Crippen LogP) is 5.05. The van der Waals surface area contributed by atoms with E-state index in [2.05, 4.69) is 31.0 Å². The van der Waals surface area contributed by atoms with Crippen molar-refractivity contribution in [2.45, 2.75) is 64.8 Å². The summed E-state index contributed by atoms with van der Waals surface area (Å²) in [5, 5.41) is 2.26. The first-order valence-electron chi connectivity index (χ1n) is 8.34. The van der Waals surface area contributed by atoms with Gasteiger partial charge >= 0.3 is 0 Å². The zero-order chi connectivity index (χ0) is 14.2. The van der Waals surface area contributed by atoms with Gasteiger partial charge in [0.15, 0.2) is 0 Å². The van der Waals surface area contributed by atoms with Crippen LogP contribution in [0.5, 0.6) is 5.75 Å². The van der Waals surface area contributed by atoms with E-state index in [1.165, 1.54) is 44.9 Å². The van der Waals surface area contributed by atoms with Gasteiger partial charge in [-0.3, -0.25) is 0 Å². The highest BCUT2D eigenvalue weighted by molar-refractivity contribution is 5.20. The number of nitrogens with zero attached hydrogens (tertiary/aromatic N) is 1. The van der Waals surface area contributed by atoms with Crippen molar-refractivity contribution in [2.24, 2.45) is 5.92 Å². The first-order chi connectivity index (χ1) is 9.85. The maximum atomic E-state index is 6.13. The molecule has 0 spiro atoms. The smallest absolute Gasteiger partial charge is 0.147 e. The minimum Gasteiger partial charge on any atom is -0.406 e. The van der Waals surface area contributed by atoms with E-state index in [-0.39, 0.29) is 0 Å². The van der Waals surface area contributed by atoms with E-state index in [1.54, 1.807) is 0 Å². The van der Waals surface area contributed by atoms with Crippen molar-refractivity contribution in [1.82, 2.24) is 5.06 Å². The van der Waals surface area contributed by atoms with Crippen molar-refractivity contribution >= 4 is 0 Å². The number of rotatable bonds is 8. The Bertz CT molecular complexity index is 365. The molecule has 2 rings (SSSR count). The van der Waals surface area contributed by atoms with Gasteiger partial charge in [0.05, 0.1) is 0 Å². The van der Waals surface area contributed by atoms with Crippen molar-refractivity contribution in [3.63, 3.8) is 0 Å². The summed E-state index contributed by atoms with van der Waals surface area (Å²) < 4.78 is 0. The van der Waals surface area contributed by atoms with Crippen LogP contribution in [0.2, 0.25) is 0 Å². The second-order valence-electron chi connectivity index (χ2n) is 5.95. The van der Waals surface area contributed by atoms with Gasteiger partial charge in [0.2, 0.25) is 0 Å². The Labute approximate surface area is 124 Å². The molecule has 1 aromatic carbocycles. The van der Waals surface area contributed by atoms with Crippen LogP contribution in [0.15, 0.2) is 30.3 Å². The topological polar surface area (TPSA) is 12.5 Å². The Morgan fingerprint density at radius 2 is 1.95 bits per heavy atom. The van der Waals surface area contributed by atoms with Crippen LogP contribution in [0, 0.1) is 5.92 Å². The van der Waals surface area contributed by atoms with E-state index < -0.39 is 0 Å². The Hall–Kier alpha value is -1.02. The van der Waals surface area contributed by atoms with Crippen LogP contribution in [0.4, 0.5) is 0 Å². The molecule has 2 atom stereocenters. The lowest BCUT2D eigenvalue weighted by molar-refractivity contribution is -0.0887. The van der Waals surface area contributed by atoms with Gasteiger partial charge < -0.3 is 4.84 Å². The van der Waals surface area contributed by atoms with E-state index in [1.807, 2.05) is 18.2 Å². The molecule has 0 aliphatic carbocycles. The van der Waals surface area contributed by atoms with Crippen LogP contribution in [-0.4, -0.2) is 17.6 Å². The molecule has 20 heavy (non-hydrogen) atoms. The van der Waals surface area contributed by atoms with Crippen LogP contribution in [-0.2, 0) is 0 Å². The number of hydrogen-bond donors (Lipinski definition) is 0. The molecule has 1 fully saturated rings. The summed E-state index contributed by atoms with van der Waals surface area (Å²) in [4.78, 5) is 6.13. The molecule has 0 radical (unpaired) electrons. The zero-order valence-corrected chi connectivity index (χ0v) is 13.1.